The molecule has 0 spiro atoms. The number of likely N-dealkylation sites (tertiary alicyclic amines) is 1. The molecular formula is C50H69N6O8S2+. The molecule has 2 aromatic rings. The molecule has 1 aliphatic carbocycles. The number of para-hydroxylation sites is 2. The van der Waals surface area contributed by atoms with Crippen molar-refractivity contribution in [1.29, 1.82) is 0 Å². The highest BCUT2D eigenvalue weighted by Gasteiger charge is 2.49. The second-order valence-electron chi connectivity index (χ2n) is 19.2. The van der Waals surface area contributed by atoms with E-state index in [4.69, 9.17) is 0 Å². The van der Waals surface area contributed by atoms with Crippen molar-refractivity contribution in [2.24, 2.45) is 0 Å². The number of ketones is 2. The highest BCUT2D eigenvalue weighted by molar-refractivity contribution is 7.85. The Morgan fingerprint density at radius 3 is 2.35 bits per heavy atom. The van der Waals surface area contributed by atoms with E-state index in [0.717, 1.165) is 73.5 Å². The standard InChI is InChI=1S/C50H68N6O8S2/c1-8-9-16-29-55-40-23-15-13-21-37(40)50(4,5)44(55)32-35-46(34(47(35)59)31-43-49(2,3)36-20-12-14-22-39(36)54(43)7)56-30-18-24-41(56)48(60)51-38(33-66(61,62)63)42(57)25-19-28-53(6)27-17-10-11-26-45(58)64-52-65/h12-15,20-23,31-32,38,41,52,65H,8-11,16-19,24-30,33H2,1-7H3,(H-,51,60,61,62,63)/p+1/t38?,41-/m0/s1. The predicted molar refractivity (Wildman–Crippen MR) is 261 cm³/mol. The van der Waals surface area contributed by atoms with Crippen molar-refractivity contribution < 1.29 is 41.6 Å². The van der Waals surface area contributed by atoms with Gasteiger partial charge in [-0.25, -0.2) is 0 Å². The fourth-order valence-corrected chi connectivity index (χ4v) is 10.9. The van der Waals surface area contributed by atoms with Crippen LogP contribution in [0, 0.1) is 0 Å². The van der Waals surface area contributed by atoms with Crippen LogP contribution < -0.4 is 15.1 Å². The Labute approximate surface area is 396 Å². The number of carbonyl (C=O) groups excluding carboxylic acids is 4. The number of nitrogens with one attached hydrogen (secondary N) is 2. The van der Waals surface area contributed by atoms with E-state index >= 15 is 0 Å². The van der Waals surface area contributed by atoms with E-state index in [1.807, 2.05) is 55.4 Å². The van der Waals surface area contributed by atoms with Gasteiger partial charge in [-0.2, -0.15) is 13.0 Å². The van der Waals surface area contributed by atoms with E-state index < -0.39 is 50.5 Å². The summed E-state index contributed by atoms with van der Waals surface area (Å²) < 4.78 is 36.7. The zero-order valence-electron chi connectivity index (χ0n) is 39.7. The van der Waals surface area contributed by atoms with Crippen LogP contribution in [0.1, 0.15) is 116 Å². The summed E-state index contributed by atoms with van der Waals surface area (Å²) in [6.07, 6.45) is 11.1. The molecular weight excluding hydrogens is 877 g/mol. The number of thiol groups is 1. The number of hydrogen-bond acceptors (Lipinski definition) is 12. The first-order valence-corrected chi connectivity index (χ1v) is 25.5. The zero-order chi connectivity index (χ0) is 48.0. The van der Waals surface area contributed by atoms with E-state index in [1.165, 1.54) is 5.56 Å². The summed E-state index contributed by atoms with van der Waals surface area (Å²) in [6, 6.07) is 14.3. The van der Waals surface area contributed by atoms with Gasteiger partial charge in [-0.3, -0.25) is 23.7 Å². The predicted octanol–water partition coefficient (Wildman–Crippen LogP) is 6.90. The smallest absolute Gasteiger partial charge is 0.325 e. The van der Waals surface area contributed by atoms with Crippen molar-refractivity contribution in [3.8, 4) is 0 Å². The lowest BCUT2D eigenvalue weighted by molar-refractivity contribution is -0.401. The summed E-state index contributed by atoms with van der Waals surface area (Å²) in [6.45, 7) is 13.4. The minimum atomic E-state index is -4.65. The van der Waals surface area contributed by atoms with E-state index in [0.29, 0.717) is 55.6 Å². The maximum absolute atomic E-state index is 14.8. The second kappa shape index (κ2) is 21.6. The molecule has 4 aliphatic rings. The van der Waals surface area contributed by atoms with Crippen LogP contribution in [0.5, 0.6) is 0 Å². The van der Waals surface area contributed by atoms with Crippen molar-refractivity contribution in [2.45, 2.75) is 128 Å². The van der Waals surface area contributed by atoms with Gasteiger partial charge in [-0.05, 0) is 90.2 Å². The van der Waals surface area contributed by atoms with Gasteiger partial charge in [0.25, 0.3) is 10.1 Å². The van der Waals surface area contributed by atoms with Gasteiger partial charge in [0.05, 0.1) is 16.7 Å². The van der Waals surface area contributed by atoms with Crippen LogP contribution in [0.2, 0.25) is 0 Å². The molecule has 3 heterocycles. The molecule has 0 saturated carbocycles. The molecule has 358 valence electrons. The van der Waals surface area contributed by atoms with Crippen LogP contribution in [0.3, 0.4) is 0 Å². The minimum absolute atomic E-state index is 0.0107. The van der Waals surface area contributed by atoms with Gasteiger partial charge in [-0.15, -0.1) is 0 Å². The highest BCUT2D eigenvalue weighted by Crippen LogP contribution is 2.50. The van der Waals surface area contributed by atoms with Gasteiger partial charge in [0.15, 0.2) is 17.3 Å². The lowest BCUT2D eigenvalue weighted by Gasteiger charge is -2.37. The van der Waals surface area contributed by atoms with E-state index in [-0.39, 0.29) is 24.6 Å². The van der Waals surface area contributed by atoms with Crippen LogP contribution in [0.15, 0.2) is 83.2 Å². The molecule has 16 heteroatoms. The van der Waals surface area contributed by atoms with E-state index in [9.17, 15) is 32.1 Å². The third kappa shape index (κ3) is 11.2. The molecule has 0 radical (unpaired) electrons. The molecule has 2 atom stereocenters. The first-order valence-electron chi connectivity index (χ1n) is 23.4. The van der Waals surface area contributed by atoms with Crippen molar-refractivity contribution in [3.63, 3.8) is 0 Å². The molecule has 1 saturated heterocycles. The molecule has 66 heavy (non-hydrogen) atoms. The summed E-state index contributed by atoms with van der Waals surface area (Å²) in [4.78, 5) is 67.5. The van der Waals surface area contributed by atoms with Gasteiger partial charge >= 0.3 is 5.97 Å². The Kier molecular flexibility index (Phi) is 16.6. The van der Waals surface area contributed by atoms with Crippen molar-refractivity contribution >= 4 is 63.5 Å². The van der Waals surface area contributed by atoms with Gasteiger partial charge in [0.1, 0.15) is 24.9 Å². The van der Waals surface area contributed by atoms with Gasteiger partial charge in [-0.1, -0.05) is 94.1 Å². The lowest BCUT2D eigenvalue weighted by atomic mass is 9.76. The Hall–Kier alpha value is -4.61. The zero-order valence-corrected chi connectivity index (χ0v) is 41.4. The Bertz CT molecular complexity index is 2420. The first-order chi connectivity index (χ1) is 31.3. The summed E-state index contributed by atoms with van der Waals surface area (Å²) >= 11 is 3.65. The largest absolute Gasteiger partial charge is 0.360 e. The third-order valence-corrected chi connectivity index (χ3v) is 14.6. The van der Waals surface area contributed by atoms with Crippen LogP contribution in [0.4, 0.5) is 11.4 Å². The molecule has 0 aromatic heterocycles. The second-order valence-corrected chi connectivity index (χ2v) is 20.9. The number of rotatable bonds is 23. The molecule has 3 N–H and O–H groups in total. The van der Waals surface area contributed by atoms with E-state index in [2.05, 4.69) is 101 Å². The summed E-state index contributed by atoms with van der Waals surface area (Å²) in [5.74, 6) is -2.48. The number of Topliss-reactive ketones (excluding diaryl/α,β-unsaturated/α-hetero) is 2. The average molecular weight is 946 g/mol. The molecule has 1 fully saturated rings. The number of fused-ring (bicyclic) bond motifs is 2. The number of allylic oxidation sites excluding steroid dienone is 5. The molecule has 2 aromatic carbocycles. The van der Waals surface area contributed by atoms with Gasteiger partial charge < -0.3 is 24.9 Å². The summed E-state index contributed by atoms with van der Waals surface area (Å²) in [5, 5.41) is 2.74. The van der Waals surface area contributed by atoms with E-state index in [1.54, 1.807) is 0 Å². The summed E-state index contributed by atoms with van der Waals surface area (Å²) in [7, 11) is -0.727. The molecule has 1 amide bonds. The number of amides is 1. The molecule has 14 nitrogen and oxygen atoms in total. The molecule has 0 bridgehead atoms. The van der Waals surface area contributed by atoms with Crippen LogP contribution >= 0.6 is 12.8 Å². The van der Waals surface area contributed by atoms with Crippen LogP contribution in [-0.4, -0.2) is 115 Å². The van der Waals surface area contributed by atoms with Crippen molar-refractivity contribution in [1.82, 2.24) is 20.0 Å². The number of nitrogens with zero attached hydrogens (tertiary/aromatic N) is 4. The Morgan fingerprint density at radius 2 is 1.65 bits per heavy atom. The summed E-state index contributed by atoms with van der Waals surface area (Å²) in [5.41, 5.74) is 7.27. The normalized spacial score (nSPS) is 20.3. The monoisotopic (exact) mass is 945 g/mol. The third-order valence-electron chi connectivity index (χ3n) is 13.8. The average Bonchev–Trinajstić information content (AvgIpc) is 3.88. The topological polar surface area (TPSA) is 169 Å². The quantitative estimate of drug-likeness (QED) is 0.0228. The fraction of sp³-hybridized carbons (Fsp3) is 0.540. The van der Waals surface area contributed by atoms with Gasteiger partial charge in [0, 0.05) is 66.0 Å². The fourth-order valence-electron chi connectivity index (χ4n) is 10.2. The SMILES string of the molecule is CCCCCN1/C(=C/C2=C(N3CCC[C@H]3C(=O)NC(CS(=O)(=O)O)C(=O)CCCN(C)CCCCCC(=O)ONS)C(=C/C3=[N+](C)c4ccccc4C3(C)C)/C2=O)C(C)(C)c2ccccc21. The number of hydrogen-bond donors (Lipinski definition) is 4. The maximum Gasteiger partial charge on any atom is 0.325 e. The van der Waals surface area contributed by atoms with Crippen LogP contribution in [-0.2, 0) is 45.0 Å². The minimum Gasteiger partial charge on any atom is -0.360 e. The van der Waals surface area contributed by atoms with Crippen molar-refractivity contribution in [3.05, 3.63) is 94.4 Å². The van der Waals surface area contributed by atoms with Crippen molar-refractivity contribution in [2.75, 3.05) is 50.9 Å². The first kappa shape index (κ1) is 50.8. The number of unbranched alkanes of at least 4 members (excludes halogenated alkanes) is 4. The molecule has 6 rings (SSSR count). The molecule has 3 aliphatic heterocycles. The molecule has 1 unspecified atom stereocenters. The Balaban J connectivity index is 1.28. The maximum atomic E-state index is 14.8. The highest BCUT2D eigenvalue weighted by atomic mass is 32.2. The number of anilines is 1. The van der Waals surface area contributed by atoms with Gasteiger partial charge in [0.2, 0.25) is 11.6 Å². The number of benzene rings is 2. The Morgan fingerprint density at radius 1 is 0.955 bits per heavy atom. The lowest BCUT2D eigenvalue weighted by Crippen LogP contribution is -2.52. The number of carbonyl (C=O) groups is 4. The van der Waals surface area contributed by atoms with Crippen LogP contribution in [0.25, 0.3) is 0 Å².